The highest BCUT2D eigenvalue weighted by atomic mass is 127. The smallest absolute Gasteiger partial charge is 0.291 e. The molecule has 0 radical (unpaired) electrons. The van der Waals surface area contributed by atoms with Gasteiger partial charge in [0.15, 0.2) is 12.1 Å². The predicted octanol–water partition coefficient (Wildman–Crippen LogP) is 2.21. The largest absolute Gasteiger partial charge is 0.298 e. The summed E-state index contributed by atoms with van der Waals surface area (Å²) in [6, 6.07) is 2.86. The molecule has 0 amide bonds. The molecule has 0 heterocycles. The lowest BCUT2D eigenvalue weighted by atomic mass is 10.1. The monoisotopic (exact) mass is 319 g/mol. The van der Waals surface area contributed by atoms with Crippen molar-refractivity contribution < 1.29 is 14.5 Å². The standard InChI is InChI=1S/C9H6INO4/c1-5(13)6-2-3-8(10)7(4-12)9(6)11(14)15/h2-4H,1H3. The van der Waals surface area contributed by atoms with Gasteiger partial charge in [-0.15, -0.1) is 0 Å². The third kappa shape index (κ3) is 2.20. The lowest BCUT2D eigenvalue weighted by Crippen LogP contribution is -2.05. The van der Waals surface area contributed by atoms with Gasteiger partial charge in [0.05, 0.1) is 10.5 Å². The molecule has 1 aromatic carbocycles. The summed E-state index contributed by atoms with van der Waals surface area (Å²) >= 11 is 1.81. The number of benzene rings is 1. The zero-order valence-corrected chi connectivity index (χ0v) is 9.85. The van der Waals surface area contributed by atoms with Crippen molar-refractivity contribution in [2.75, 3.05) is 0 Å². The zero-order chi connectivity index (χ0) is 11.6. The van der Waals surface area contributed by atoms with Gasteiger partial charge in [0.1, 0.15) is 5.56 Å². The molecule has 0 bridgehead atoms. The van der Waals surface area contributed by atoms with Crippen LogP contribution in [0.25, 0.3) is 0 Å². The van der Waals surface area contributed by atoms with E-state index >= 15 is 0 Å². The molecule has 1 aromatic rings. The SMILES string of the molecule is CC(=O)c1ccc(I)c(C=O)c1[N+](=O)[O-]. The first kappa shape index (κ1) is 11.8. The van der Waals surface area contributed by atoms with E-state index in [0.717, 1.165) is 0 Å². The van der Waals surface area contributed by atoms with Gasteiger partial charge in [0.25, 0.3) is 5.69 Å². The lowest BCUT2D eigenvalue weighted by molar-refractivity contribution is -0.385. The van der Waals surface area contributed by atoms with Crippen LogP contribution >= 0.6 is 22.6 Å². The molecule has 0 aromatic heterocycles. The second-order valence-electron chi connectivity index (χ2n) is 2.79. The second-order valence-corrected chi connectivity index (χ2v) is 3.95. The number of nitro groups is 1. The number of carbonyl (C=O) groups excluding carboxylic acids is 2. The highest BCUT2D eigenvalue weighted by Crippen LogP contribution is 2.27. The van der Waals surface area contributed by atoms with E-state index in [1.165, 1.54) is 19.1 Å². The number of nitro benzene ring substituents is 1. The fraction of sp³-hybridized carbons (Fsp3) is 0.111. The summed E-state index contributed by atoms with van der Waals surface area (Å²) in [5.41, 5.74) is -0.500. The van der Waals surface area contributed by atoms with E-state index in [4.69, 9.17) is 0 Å². The number of carbonyl (C=O) groups is 2. The van der Waals surface area contributed by atoms with Crippen LogP contribution in [0.4, 0.5) is 5.69 Å². The Morgan fingerprint density at radius 3 is 2.53 bits per heavy atom. The van der Waals surface area contributed by atoms with Crippen LogP contribution in [0.3, 0.4) is 0 Å². The zero-order valence-electron chi connectivity index (χ0n) is 7.69. The Morgan fingerprint density at radius 2 is 2.13 bits per heavy atom. The molecule has 0 saturated heterocycles. The van der Waals surface area contributed by atoms with Gasteiger partial charge < -0.3 is 0 Å². The molecule has 0 saturated carbocycles. The van der Waals surface area contributed by atoms with Crippen molar-refractivity contribution in [3.8, 4) is 0 Å². The average Bonchev–Trinajstić information content (AvgIpc) is 2.16. The van der Waals surface area contributed by atoms with Crippen LogP contribution in [0.1, 0.15) is 27.6 Å². The highest BCUT2D eigenvalue weighted by molar-refractivity contribution is 14.1. The Labute approximate surface area is 98.8 Å². The van der Waals surface area contributed by atoms with E-state index in [2.05, 4.69) is 0 Å². The molecule has 0 fully saturated rings. The Bertz CT molecular complexity index is 456. The maximum atomic E-state index is 11.1. The molecule has 5 nitrogen and oxygen atoms in total. The minimum atomic E-state index is -0.706. The van der Waals surface area contributed by atoms with E-state index in [1.54, 1.807) is 0 Å². The van der Waals surface area contributed by atoms with Gasteiger partial charge in [-0.2, -0.15) is 0 Å². The molecule has 0 aliphatic rings. The number of halogens is 1. The van der Waals surface area contributed by atoms with E-state index in [9.17, 15) is 19.7 Å². The van der Waals surface area contributed by atoms with Crippen molar-refractivity contribution in [1.29, 1.82) is 0 Å². The fourth-order valence-corrected chi connectivity index (χ4v) is 1.74. The first-order valence-electron chi connectivity index (χ1n) is 3.92. The van der Waals surface area contributed by atoms with Gasteiger partial charge in [-0.05, 0) is 41.6 Å². The number of hydrogen-bond donors (Lipinski definition) is 0. The molecule has 0 N–H and O–H groups in total. The van der Waals surface area contributed by atoms with Crippen molar-refractivity contribution in [2.24, 2.45) is 0 Å². The van der Waals surface area contributed by atoms with Crippen molar-refractivity contribution in [3.63, 3.8) is 0 Å². The third-order valence-corrected chi connectivity index (χ3v) is 2.78. The van der Waals surface area contributed by atoms with Gasteiger partial charge in [-0.1, -0.05) is 0 Å². The van der Waals surface area contributed by atoms with Crippen molar-refractivity contribution in [2.45, 2.75) is 6.92 Å². The molecule has 0 atom stereocenters. The van der Waals surface area contributed by atoms with Gasteiger partial charge >= 0.3 is 0 Å². The minimum absolute atomic E-state index is 0.0393. The van der Waals surface area contributed by atoms with Crippen LogP contribution in [-0.2, 0) is 0 Å². The van der Waals surface area contributed by atoms with E-state index < -0.39 is 16.4 Å². The summed E-state index contributed by atoms with van der Waals surface area (Å²) in [6.07, 6.45) is 0.395. The number of aldehydes is 1. The molecular formula is C9H6INO4. The van der Waals surface area contributed by atoms with Crippen LogP contribution in [0.2, 0.25) is 0 Å². The Kier molecular flexibility index (Phi) is 3.51. The summed E-state index contributed by atoms with van der Waals surface area (Å²) in [5, 5.41) is 10.7. The summed E-state index contributed by atoms with van der Waals surface area (Å²) in [6.45, 7) is 1.23. The van der Waals surface area contributed by atoms with Crippen LogP contribution in [0.5, 0.6) is 0 Å². The molecule has 0 aliphatic carbocycles. The third-order valence-electron chi connectivity index (χ3n) is 1.84. The summed E-state index contributed by atoms with van der Waals surface area (Å²) in [7, 11) is 0. The highest BCUT2D eigenvalue weighted by Gasteiger charge is 2.24. The Hall–Kier alpha value is -1.31. The molecule has 1 rings (SSSR count). The topological polar surface area (TPSA) is 77.3 Å². The number of nitrogens with zero attached hydrogens (tertiary/aromatic N) is 1. The normalized spacial score (nSPS) is 9.73. The molecule has 6 heteroatoms. The van der Waals surface area contributed by atoms with Crippen molar-refractivity contribution >= 4 is 40.3 Å². The number of rotatable bonds is 3. The maximum absolute atomic E-state index is 11.1. The number of hydrogen-bond acceptors (Lipinski definition) is 4. The summed E-state index contributed by atoms with van der Waals surface area (Å²) in [4.78, 5) is 31.9. The molecular weight excluding hydrogens is 313 g/mol. The molecule has 0 aliphatic heterocycles. The molecule has 15 heavy (non-hydrogen) atoms. The molecule has 0 spiro atoms. The second kappa shape index (κ2) is 4.47. The number of Topliss-reactive ketones (excluding diaryl/α,β-unsaturated/α-hetero) is 1. The maximum Gasteiger partial charge on any atom is 0.291 e. The van der Waals surface area contributed by atoms with Gasteiger partial charge in [-0.25, -0.2) is 0 Å². The minimum Gasteiger partial charge on any atom is -0.298 e. The van der Waals surface area contributed by atoms with Crippen LogP contribution in [0, 0.1) is 13.7 Å². The average molecular weight is 319 g/mol. The van der Waals surface area contributed by atoms with Gasteiger partial charge in [0.2, 0.25) is 0 Å². The first-order valence-corrected chi connectivity index (χ1v) is 5.00. The Balaban J connectivity index is 3.63. The predicted molar refractivity (Wildman–Crippen MR) is 61.2 cm³/mol. The summed E-state index contributed by atoms with van der Waals surface area (Å²) in [5.74, 6) is -0.429. The van der Waals surface area contributed by atoms with Crippen LogP contribution in [0.15, 0.2) is 12.1 Å². The number of ketones is 1. The fourth-order valence-electron chi connectivity index (χ4n) is 1.18. The first-order chi connectivity index (χ1) is 6.99. The van der Waals surface area contributed by atoms with E-state index in [0.29, 0.717) is 9.86 Å². The Morgan fingerprint density at radius 1 is 1.53 bits per heavy atom. The van der Waals surface area contributed by atoms with Crippen LogP contribution < -0.4 is 0 Å². The van der Waals surface area contributed by atoms with E-state index in [1.807, 2.05) is 22.6 Å². The van der Waals surface area contributed by atoms with Gasteiger partial charge in [0, 0.05) is 3.57 Å². The quantitative estimate of drug-likeness (QED) is 0.281. The molecule has 0 unspecified atom stereocenters. The van der Waals surface area contributed by atoms with Crippen molar-refractivity contribution in [3.05, 3.63) is 36.9 Å². The van der Waals surface area contributed by atoms with Crippen molar-refractivity contribution in [1.82, 2.24) is 0 Å². The molecule has 78 valence electrons. The van der Waals surface area contributed by atoms with Crippen LogP contribution in [-0.4, -0.2) is 17.0 Å². The lowest BCUT2D eigenvalue weighted by Gasteiger charge is -2.02. The van der Waals surface area contributed by atoms with E-state index in [-0.39, 0.29) is 11.1 Å². The van der Waals surface area contributed by atoms with Gasteiger partial charge in [-0.3, -0.25) is 19.7 Å². The summed E-state index contributed by atoms with van der Waals surface area (Å²) < 4.78 is 0.458.